The summed E-state index contributed by atoms with van der Waals surface area (Å²) in [7, 11) is -1.73. The topological polar surface area (TPSA) is 63.4 Å². The molecule has 1 aromatic carbocycles. The van der Waals surface area contributed by atoms with Gasteiger partial charge in [-0.1, -0.05) is 6.07 Å². The fourth-order valence-electron chi connectivity index (χ4n) is 1.58. The van der Waals surface area contributed by atoms with Crippen LogP contribution in [-0.4, -0.2) is 27.8 Å². The van der Waals surface area contributed by atoms with Crippen LogP contribution in [-0.2, 0) is 10.0 Å². The third-order valence-electron chi connectivity index (χ3n) is 2.36. The smallest absolute Gasteiger partial charge is 0.236 e. The molecular weight excluding hydrogens is 224 g/mol. The number of nitrogens with two attached hydrogens (primary N) is 1. The zero-order valence-electron chi connectivity index (χ0n) is 9.90. The summed E-state index contributed by atoms with van der Waals surface area (Å²) < 4.78 is 24.9. The van der Waals surface area contributed by atoms with Crippen LogP contribution in [0, 0.1) is 13.8 Å². The van der Waals surface area contributed by atoms with Crippen LogP contribution in [0.2, 0.25) is 0 Å². The summed E-state index contributed by atoms with van der Waals surface area (Å²) in [4.78, 5) is 0. The second-order valence-electron chi connectivity index (χ2n) is 3.92. The van der Waals surface area contributed by atoms with Gasteiger partial charge in [-0.25, -0.2) is 8.42 Å². The quantitative estimate of drug-likeness (QED) is 0.857. The molecule has 90 valence electrons. The lowest BCUT2D eigenvalue weighted by molar-refractivity contribution is 0.594. The first-order chi connectivity index (χ1) is 7.36. The van der Waals surface area contributed by atoms with Gasteiger partial charge in [0.15, 0.2) is 0 Å². The molecule has 0 saturated carbocycles. The molecule has 0 spiro atoms. The average molecular weight is 242 g/mol. The van der Waals surface area contributed by atoms with E-state index in [9.17, 15) is 8.42 Å². The second-order valence-corrected chi connectivity index (χ2v) is 6.04. The maximum atomic E-state index is 11.8. The Balaban J connectivity index is 3.09. The molecule has 0 aliphatic rings. The Morgan fingerprint density at radius 2 is 1.69 bits per heavy atom. The molecule has 0 saturated heterocycles. The van der Waals surface area contributed by atoms with Crippen LogP contribution < -0.4 is 10.0 Å². The Kier molecular flexibility index (Phi) is 3.93. The molecule has 0 aliphatic heterocycles. The van der Waals surface area contributed by atoms with E-state index in [-0.39, 0.29) is 12.3 Å². The van der Waals surface area contributed by atoms with Gasteiger partial charge in [0.1, 0.15) is 0 Å². The highest BCUT2D eigenvalue weighted by Gasteiger charge is 2.17. The Labute approximate surface area is 97.1 Å². The third-order valence-corrected chi connectivity index (χ3v) is 4.16. The Morgan fingerprint density at radius 1 is 1.19 bits per heavy atom. The Hall–Kier alpha value is -1.07. The predicted octanol–water partition coefficient (Wildman–Crippen LogP) is 1.03. The minimum Gasteiger partial charge on any atom is -0.329 e. The van der Waals surface area contributed by atoms with Gasteiger partial charge in [-0.05, 0) is 37.1 Å². The van der Waals surface area contributed by atoms with Gasteiger partial charge in [-0.3, -0.25) is 4.31 Å². The molecule has 0 aromatic heterocycles. The zero-order valence-corrected chi connectivity index (χ0v) is 10.7. The minimum absolute atomic E-state index is 0.0313. The van der Waals surface area contributed by atoms with Crippen molar-refractivity contribution in [3.05, 3.63) is 29.3 Å². The Morgan fingerprint density at radius 3 is 2.12 bits per heavy atom. The molecule has 0 heterocycles. The van der Waals surface area contributed by atoms with E-state index < -0.39 is 10.0 Å². The Bertz CT molecular complexity index is 449. The summed E-state index contributed by atoms with van der Waals surface area (Å²) in [6, 6.07) is 5.70. The number of rotatable bonds is 4. The van der Waals surface area contributed by atoms with Crippen molar-refractivity contribution in [2.75, 3.05) is 23.7 Å². The molecule has 0 aliphatic carbocycles. The van der Waals surface area contributed by atoms with Crippen LogP contribution in [0.3, 0.4) is 0 Å². The number of benzene rings is 1. The maximum absolute atomic E-state index is 11.8. The maximum Gasteiger partial charge on any atom is 0.236 e. The van der Waals surface area contributed by atoms with Gasteiger partial charge in [0, 0.05) is 13.6 Å². The number of hydrogen-bond acceptors (Lipinski definition) is 3. The molecule has 1 aromatic rings. The number of hydrogen-bond donors (Lipinski definition) is 1. The lowest BCUT2D eigenvalue weighted by Gasteiger charge is -2.20. The molecule has 0 unspecified atom stereocenters. The van der Waals surface area contributed by atoms with Crippen LogP contribution in [0.1, 0.15) is 11.1 Å². The third kappa shape index (κ3) is 2.96. The van der Waals surface area contributed by atoms with E-state index in [1.165, 1.54) is 4.31 Å². The lowest BCUT2D eigenvalue weighted by atomic mass is 10.1. The molecule has 0 atom stereocenters. The molecule has 0 fully saturated rings. The van der Waals surface area contributed by atoms with E-state index in [0.717, 1.165) is 11.1 Å². The lowest BCUT2D eigenvalue weighted by Crippen LogP contribution is -2.32. The molecular formula is C11H18N2O2S. The van der Waals surface area contributed by atoms with E-state index in [1.807, 2.05) is 32.0 Å². The van der Waals surface area contributed by atoms with Crippen molar-refractivity contribution < 1.29 is 8.42 Å². The minimum atomic E-state index is -3.29. The van der Waals surface area contributed by atoms with E-state index >= 15 is 0 Å². The molecule has 16 heavy (non-hydrogen) atoms. The molecule has 0 amide bonds. The second kappa shape index (κ2) is 4.84. The van der Waals surface area contributed by atoms with E-state index in [1.54, 1.807) is 7.05 Å². The van der Waals surface area contributed by atoms with Gasteiger partial charge >= 0.3 is 0 Å². The van der Waals surface area contributed by atoms with Gasteiger partial charge in [0.2, 0.25) is 10.0 Å². The molecule has 5 heteroatoms. The summed E-state index contributed by atoms with van der Waals surface area (Å²) in [5.41, 5.74) is 8.06. The number of sulfonamides is 1. The fourth-order valence-corrected chi connectivity index (χ4v) is 2.58. The highest BCUT2D eigenvalue weighted by atomic mass is 32.2. The normalized spacial score (nSPS) is 11.5. The summed E-state index contributed by atoms with van der Waals surface area (Å²) in [6.07, 6.45) is 0. The van der Waals surface area contributed by atoms with Crippen LogP contribution in [0.5, 0.6) is 0 Å². The van der Waals surface area contributed by atoms with Crippen molar-refractivity contribution in [2.24, 2.45) is 5.73 Å². The number of nitrogens with zero attached hydrogens (tertiary/aromatic N) is 1. The highest BCUT2D eigenvalue weighted by molar-refractivity contribution is 7.92. The van der Waals surface area contributed by atoms with Gasteiger partial charge in [-0.2, -0.15) is 0 Å². The first-order valence-corrected chi connectivity index (χ1v) is 6.72. The highest BCUT2D eigenvalue weighted by Crippen LogP contribution is 2.20. The van der Waals surface area contributed by atoms with Crippen LogP contribution in [0.4, 0.5) is 5.69 Å². The van der Waals surface area contributed by atoms with Crippen molar-refractivity contribution >= 4 is 15.7 Å². The summed E-state index contributed by atoms with van der Waals surface area (Å²) in [5.74, 6) is -0.0313. The van der Waals surface area contributed by atoms with Crippen molar-refractivity contribution in [2.45, 2.75) is 13.8 Å². The summed E-state index contributed by atoms with van der Waals surface area (Å²) in [6.45, 7) is 4.03. The first kappa shape index (κ1) is 13.0. The number of aryl methyl sites for hydroxylation is 2. The SMILES string of the molecule is Cc1cc(C)cc(N(C)S(=O)(=O)CCN)c1. The van der Waals surface area contributed by atoms with Crippen LogP contribution in [0.15, 0.2) is 18.2 Å². The van der Waals surface area contributed by atoms with Gasteiger partial charge < -0.3 is 5.73 Å². The van der Waals surface area contributed by atoms with Gasteiger partial charge in [-0.15, -0.1) is 0 Å². The van der Waals surface area contributed by atoms with Crippen molar-refractivity contribution in [3.63, 3.8) is 0 Å². The van der Waals surface area contributed by atoms with E-state index in [4.69, 9.17) is 5.73 Å². The molecule has 0 radical (unpaired) electrons. The van der Waals surface area contributed by atoms with Gasteiger partial charge in [0.25, 0.3) is 0 Å². The largest absolute Gasteiger partial charge is 0.329 e. The van der Waals surface area contributed by atoms with Crippen molar-refractivity contribution in [1.82, 2.24) is 0 Å². The number of anilines is 1. The summed E-state index contributed by atoms with van der Waals surface area (Å²) >= 11 is 0. The van der Waals surface area contributed by atoms with Gasteiger partial charge in [0.05, 0.1) is 11.4 Å². The predicted molar refractivity (Wildman–Crippen MR) is 67.2 cm³/mol. The van der Waals surface area contributed by atoms with Crippen molar-refractivity contribution in [3.8, 4) is 0 Å². The fraction of sp³-hybridized carbons (Fsp3) is 0.455. The van der Waals surface area contributed by atoms with E-state index in [0.29, 0.717) is 5.69 Å². The monoisotopic (exact) mass is 242 g/mol. The standard InChI is InChI=1S/C11H18N2O2S/c1-9-6-10(2)8-11(7-9)13(3)16(14,15)5-4-12/h6-8H,4-5,12H2,1-3H3. The van der Waals surface area contributed by atoms with Crippen LogP contribution in [0.25, 0.3) is 0 Å². The zero-order chi connectivity index (χ0) is 12.3. The van der Waals surface area contributed by atoms with E-state index in [2.05, 4.69) is 0 Å². The average Bonchev–Trinajstić information content (AvgIpc) is 2.14. The molecule has 0 bridgehead atoms. The molecule has 4 nitrogen and oxygen atoms in total. The summed E-state index contributed by atoms with van der Waals surface area (Å²) in [5, 5.41) is 0. The van der Waals surface area contributed by atoms with Crippen LogP contribution >= 0.6 is 0 Å². The first-order valence-electron chi connectivity index (χ1n) is 5.12. The molecule has 1 rings (SSSR count). The molecule has 2 N–H and O–H groups in total. The van der Waals surface area contributed by atoms with Crippen molar-refractivity contribution in [1.29, 1.82) is 0 Å².